The van der Waals surface area contributed by atoms with Crippen LogP contribution in [0.2, 0.25) is 0 Å². The van der Waals surface area contributed by atoms with Gasteiger partial charge in [-0.15, -0.1) is 10.2 Å². The number of methoxy groups -OCH3 is 1. The first kappa shape index (κ1) is 32.3. The topological polar surface area (TPSA) is 102 Å². The molecule has 1 aliphatic heterocycles. The summed E-state index contributed by atoms with van der Waals surface area (Å²) in [6, 6.07) is 24.4. The van der Waals surface area contributed by atoms with Crippen molar-refractivity contribution < 1.29 is 24.2 Å². The van der Waals surface area contributed by atoms with Crippen LogP contribution in [-0.2, 0) is 15.3 Å². The van der Waals surface area contributed by atoms with E-state index in [0.717, 1.165) is 34.9 Å². The summed E-state index contributed by atoms with van der Waals surface area (Å²) in [5, 5.41) is 23.1. The van der Waals surface area contributed by atoms with Gasteiger partial charge in [0.05, 0.1) is 25.3 Å². The van der Waals surface area contributed by atoms with E-state index in [4.69, 9.17) is 9.47 Å². The highest BCUT2D eigenvalue weighted by Crippen LogP contribution is 2.46. The van der Waals surface area contributed by atoms with Crippen LogP contribution in [0.3, 0.4) is 0 Å². The molecule has 0 spiro atoms. The predicted octanol–water partition coefficient (Wildman–Crippen LogP) is 8.41. The van der Waals surface area contributed by atoms with Crippen LogP contribution in [0, 0.1) is 13.8 Å². The fraction of sp³-hybridized carbons (Fsp3) is 0.243. The van der Waals surface area contributed by atoms with E-state index in [2.05, 4.69) is 41.4 Å². The Morgan fingerprint density at radius 1 is 0.979 bits per heavy atom. The zero-order valence-corrected chi connectivity index (χ0v) is 28.3. The molecule has 8 nitrogen and oxygen atoms in total. The van der Waals surface area contributed by atoms with E-state index in [-0.39, 0.29) is 16.5 Å². The van der Waals surface area contributed by atoms with E-state index in [0.29, 0.717) is 39.3 Å². The Morgan fingerprint density at radius 3 is 2.60 bits per heavy atom. The number of aliphatic hydroxyl groups is 1. The molecule has 1 aliphatic rings. The number of hydrogen-bond acceptors (Lipinski definition) is 9. The van der Waals surface area contributed by atoms with Gasteiger partial charge >= 0.3 is 5.91 Å². The van der Waals surface area contributed by atoms with Crippen molar-refractivity contribution in [3.05, 3.63) is 112 Å². The highest BCUT2D eigenvalue weighted by atomic mass is 32.2. The maximum Gasteiger partial charge on any atom is 0.301 e. The largest absolute Gasteiger partial charge is 0.507 e. The van der Waals surface area contributed by atoms with E-state index >= 15 is 0 Å². The first-order valence-corrected chi connectivity index (χ1v) is 17.2. The molecule has 1 fully saturated rings. The third kappa shape index (κ3) is 6.48. The van der Waals surface area contributed by atoms with Crippen molar-refractivity contribution >= 4 is 56.5 Å². The van der Waals surface area contributed by atoms with Gasteiger partial charge in [0.15, 0.2) is 15.8 Å². The number of benzene rings is 4. The van der Waals surface area contributed by atoms with E-state index in [1.807, 2.05) is 50.2 Å². The van der Waals surface area contributed by atoms with Crippen LogP contribution in [0.1, 0.15) is 53.6 Å². The minimum Gasteiger partial charge on any atom is -0.507 e. The minimum absolute atomic E-state index is 0.0226. The Bertz CT molecular complexity index is 2000. The highest BCUT2D eigenvalue weighted by molar-refractivity contribution is 8.00. The predicted molar refractivity (Wildman–Crippen MR) is 188 cm³/mol. The van der Waals surface area contributed by atoms with Gasteiger partial charge in [-0.2, -0.15) is 0 Å². The third-order valence-corrected chi connectivity index (χ3v) is 10.3. The van der Waals surface area contributed by atoms with Gasteiger partial charge in [-0.1, -0.05) is 103 Å². The van der Waals surface area contributed by atoms with Crippen molar-refractivity contribution in [2.24, 2.45) is 0 Å². The van der Waals surface area contributed by atoms with Crippen LogP contribution in [-0.4, -0.2) is 40.7 Å². The first-order valence-electron chi connectivity index (χ1n) is 15.4. The molecular formula is C37H35N3O5S2. The van der Waals surface area contributed by atoms with Crippen molar-refractivity contribution in [2.45, 2.75) is 49.7 Å². The Kier molecular flexibility index (Phi) is 9.60. The van der Waals surface area contributed by atoms with Crippen LogP contribution in [0.15, 0.2) is 88.8 Å². The molecule has 10 heteroatoms. The summed E-state index contributed by atoms with van der Waals surface area (Å²) >= 11 is 2.75. The molecule has 5 aromatic rings. The van der Waals surface area contributed by atoms with Gasteiger partial charge in [-0.25, -0.2) is 0 Å². The van der Waals surface area contributed by atoms with Crippen molar-refractivity contribution in [3.8, 4) is 11.5 Å². The molecule has 0 bridgehead atoms. The number of thioether (sulfide) groups is 1. The second-order valence-electron chi connectivity index (χ2n) is 11.4. The third-order valence-electron chi connectivity index (χ3n) is 8.18. The van der Waals surface area contributed by atoms with Gasteiger partial charge in [0, 0.05) is 11.3 Å². The number of hydrogen-bond donors (Lipinski definition) is 1. The quantitative estimate of drug-likeness (QED) is 0.0375. The lowest BCUT2D eigenvalue weighted by Gasteiger charge is -2.23. The lowest BCUT2D eigenvalue weighted by molar-refractivity contribution is -0.132. The fourth-order valence-electron chi connectivity index (χ4n) is 5.70. The Hall–Kier alpha value is -4.67. The summed E-state index contributed by atoms with van der Waals surface area (Å²) in [6.45, 7) is 6.38. The fourth-order valence-corrected chi connectivity index (χ4v) is 7.57. The second kappa shape index (κ2) is 14.0. The van der Waals surface area contributed by atoms with E-state index in [9.17, 15) is 14.7 Å². The summed E-state index contributed by atoms with van der Waals surface area (Å²) in [6.07, 6.45) is 1.87. The van der Waals surface area contributed by atoms with Crippen molar-refractivity contribution in [1.29, 1.82) is 0 Å². The lowest BCUT2D eigenvalue weighted by atomic mass is 9.93. The van der Waals surface area contributed by atoms with Gasteiger partial charge in [-0.3, -0.25) is 14.5 Å². The minimum atomic E-state index is -0.975. The van der Waals surface area contributed by atoms with E-state index in [1.165, 1.54) is 33.4 Å². The van der Waals surface area contributed by atoms with Gasteiger partial charge in [0.1, 0.15) is 5.76 Å². The van der Waals surface area contributed by atoms with E-state index < -0.39 is 17.7 Å². The lowest BCUT2D eigenvalue weighted by Crippen LogP contribution is -2.29. The monoisotopic (exact) mass is 665 g/mol. The molecule has 1 saturated heterocycles. The smallest absolute Gasteiger partial charge is 0.301 e. The molecular weight excluding hydrogens is 631 g/mol. The number of rotatable bonds is 11. The summed E-state index contributed by atoms with van der Waals surface area (Å²) in [5.41, 5.74) is 3.88. The number of Topliss-reactive ketones (excluding diaryl/α,β-unsaturated/α-hetero) is 1. The number of carbonyl (C=O) groups is 2. The summed E-state index contributed by atoms with van der Waals surface area (Å²) < 4.78 is 12.3. The number of nitrogens with zero attached hydrogens (tertiary/aromatic N) is 3. The first-order chi connectivity index (χ1) is 22.8. The van der Waals surface area contributed by atoms with Crippen LogP contribution in [0.4, 0.5) is 5.13 Å². The van der Waals surface area contributed by atoms with E-state index in [1.54, 1.807) is 25.3 Å². The number of amides is 1. The van der Waals surface area contributed by atoms with Crippen LogP contribution >= 0.6 is 23.1 Å². The summed E-state index contributed by atoms with van der Waals surface area (Å²) in [5.74, 6) is -0.156. The molecule has 2 heterocycles. The van der Waals surface area contributed by atoms with Gasteiger partial charge in [0.2, 0.25) is 5.13 Å². The average Bonchev–Trinajstić information content (AvgIpc) is 3.66. The van der Waals surface area contributed by atoms with Crippen molar-refractivity contribution in [2.75, 3.05) is 18.6 Å². The molecule has 1 aromatic heterocycles. The van der Waals surface area contributed by atoms with Crippen LogP contribution < -0.4 is 14.4 Å². The number of ether oxygens (including phenoxy) is 2. The van der Waals surface area contributed by atoms with Crippen molar-refractivity contribution in [3.63, 3.8) is 0 Å². The molecule has 4 aromatic carbocycles. The number of carbonyl (C=O) groups excluding carboxylic acids is 2. The molecule has 1 unspecified atom stereocenters. The number of aromatic nitrogens is 2. The Morgan fingerprint density at radius 2 is 1.79 bits per heavy atom. The molecule has 0 saturated carbocycles. The van der Waals surface area contributed by atoms with Crippen molar-refractivity contribution in [1.82, 2.24) is 10.2 Å². The molecule has 1 atom stereocenters. The number of anilines is 1. The molecule has 1 amide bonds. The summed E-state index contributed by atoms with van der Waals surface area (Å²) in [4.78, 5) is 29.0. The van der Waals surface area contributed by atoms with Crippen LogP contribution in [0.25, 0.3) is 16.5 Å². The van der Waals surface area contributed by atoms with Gasteiger partial charge < -0.3 is 14.6 Å². The molecule has 47 heavy (non-hydrogen) atoms. The zero-order valence-electron chi connectivity index (χ0n) is 26.6. The second-order valence-corrected chi connectivity index (χ2v) is 13.6. The molecule has 0 aliphatic carbocycles. The molecule has 240 valence electrons. The maximum absolute atomic E-state index is 13.8. The number of aryl methyl sites for hydroxylation is 2. The standard InChI is InChI=1S/C37H35N3O5S2/c1-5-6-18-45-29-17-16-25(20-30(29)44-4)32-31(33(41)28-19-22(2)14-15-23(28)3)34(42)35(43)40(32)36-38-39-37(47-36)46-21-26-12-9-11-24-10-7-8-13-27(24)26/h7-17,19-20,32,41H,5-6,18,21H2,1-4H3. The number of fused-ring (bicyclic) bond motifs is 1. The average molecular weight is 666 g/mol. The summed E-state index contributed by atoms with van der Waals surface area (Å²) in [7, 11) is 1.54. The van der Waals surface area contributed by atoms with Gasteiger partial charge in [0.25, 0.3) is 5.78 Å². The SMILES string of the molecule is CCCCOc1ccc(C2C(=C(O)c3cc(C)ccc3C)C(=O)C(=O)N2c2nnc(SCc3cccc4ccccc34)s2)cc1OC. The molecule has 1 N–H and O–H groups in total. The number of ketones is 1. The van der Waals surface area contributed by atoms with Crippen LogP contribution in [0.5, 0.6) is 11.5 Å². The highest BCUT2D eigenvalue weighted by Gasteiger charge is 2.48. The zero-order chi connectivity index (χ0) is 33.1. The molecule has 0 radical (unpaired) electrons. The van der Waals surface area contributed by atoms with Gasteiger partial charge in [-0.05, 0) is 65.9 Å². The normalized spacial score (nSPS) is 15.8. The number of unbranched alkanes of at least 4 members (excludes halogenated alkanes) is 1. The maximum atomic E-state index is 13.8. The number of aliphatic hydroxyl groups excluding tert-OH is 1. The Labute approximate surface area is 282 Å². The molecule has 6 rings (SSSR count). The Balaban J connectivity index is 1.40.